The molecule has 5 nitrogen and oxygen atoms in total. The van der Waals surface area contributed by atoms with E-state index >= 15 is 0 Å². The molecule has 1 aliphatic heterocycles. The minimum atomic E-state index is -0.539. The molecule has 18 heavy (non-hydrogen) atoms. The maximum absolute atomic E-state index is 12.1. The van der Waals surface area contributed by atoms with Gasteiger partial charge in [0.05, 0.1) is 13.2 Å². The Balaban J connectivity index is 2.02. The van der Waals surface area contributed by atoms with Gasteiger partial charge in [0, 0.05) is 12.5 Å². The van der Waals surface area contributed by atoms with Crippen LogP contribution >= 0.6 is 0 Å². The summed E-state index contributed by atoms with van der Waals surface area (Å²) >= 11 is 0. The van der Waals surface area contributed by atoms with Crippen molar-refractivity contribution in [1.82, 2.24) is 4.90 Å². The van der Waals surface area contributed by atoms with E-state index in [2.05, 4.69) is 0 Å². The maximum Gasteiger partial charge on any atom is 0.411 e. The monoisotopic (exact) mass is 255 g/mol. The van der Waals surface area contributed by atoms with Crippen molar-refractivity contribution in [3.8, 4) is 0 Å². The van der Waals surface area contributed by atoms with Gasteiger partial charge in [0.2, 0.25) is 0 Å². The maximum atomic E-state index is 12.1. The van der Waals surface area contributed by atoms with Crippen LogP contribution in [0.25, 0.3) is 0 Å². The molecule has 0 aromatic carbocycles. The number of Topliss-reactive ketones (excluding diaryl/α,β-unsaturated/α-hetero) is 1. The zero-order chi connectivity index (χ0) is 13.3. The number of morpholine rings is 1. The van der Waals surface area contributed by atoms with Crippen LogP contribution in [0.1, 0.15) is 33.6 Å². The number of carbonyl (C=O) groups excluding carboxylic acids is 2. The molecule has 102 valence electrons. The topological polar surface area (TPSA) is 55.8 Å². The Morgan fingerprint density at radius 2 is 1.94 bits per heavy atom. The van der Waals surface area contributed by atoms with Gasteiger partial charge in [-0.3, -0.25) is 9.69 Å². The number of amides is 1. The molecule has 2 aliphatic rings. The van der Waals surface area contributed by atoms with Crippen LogP contribution in [0.5, 0.6) is 0 Å². The first kappa shape index (κ1) is 13.3. The zero-order valence-corrected chi connectivity index (χ0v) is 11.3. The van der Waals surface area contributed by atoms with Crippen LogP contribution < -0.4 is 0 Å². The molecule has 1 saturated carbocycles. The molecule has 1 amide bonds. The lowest BCUT2D eigenvalue weighted by Gasteiger charge is -2.35. The third-order valence-electron chi connectivity index (χ3n) is 3.06. The van der Waals surface area contributed by atoms with Gasteiger partial charge in [-0.25, -0.2) is 4.79 Å². The van der Waals surface area contributed by atoms with Crippen LogP contribution in [0.2, 0.25) is 0 Å². The van der Waals surface area contributed by atoms with Crippen LogP contribution in [0.3, 0.4) is 0 Å². The Morgan fingerprint density at radius 1 is 1.28 bits per heavy atom. The van der Waals surface area contributed by atoms with Crippen molar-refractivity contribution in [2.75, 3.05) is 19.8 Å². The van der Waals surface area contributed by atoms with Crippen molar-refractivity contribution in [1.29, 1.82) is 0 Å². The molecule has 0 N–H and O–H groups in total. The summed E-state index contributed by atoms with van der Waals surface area (Å²) in [5.74, 6) is 0.252. The number of rotatable bonds is 2. The van der Waals surface area contributed by atoms with Gasteiger partial charge in [0.25, 0.3) is 0 Å². The van der Waals surface area contributed by atoms with Gasteiger partial charge in [-0.1, -0.05) is 0 Å². The van der Waals surface area contributed by atoms with E-state index in [4.69, 9.17) is 9.47 Å². The van der Waals surface area contributed by atoms with E-state index in [9.17, 15) is 9.59 Å². The number of hydrogen-bond acceptors (Lipinski definition) is 4. The van der Waals surface area contributed by atoms with Gasteiger partial charge in [-0.15, -0.1) is 0 Å². The van der Waals surface area contributed by atoms with E-state index < -0.39 is 17.7 Å². The lowest BCUT2D eigenvalue weighted by atomic mass is 10.1. The van der Waals surface area contributed by atoms with Crippen LogP contribution in [0, 0.1) is 5.92 Å². The van der Waals surface area contributed by atoms with Crippen molar-refractivity contribution in [2.45, 2.75) is 45.3 Å². The van der Waals surface area contributed by atoms with Crippen LogP contribution in [0.4, 0.5) is 4.79 Å². The fourth-order valence-electron chi connectivity index (χ4n) is 2.02. The van der Waals surface area contributed by atoms with Crippen molar-refractivity contribution < 1.29 is 19.1 Å². The Bertz CT molecular complexity index is 343. The predicted octanol–water partition coefficient (Wildman–Crippen LogP) is 1.60. The number of hydrogen-bond donors (Lipinski definition) is 0. The van der Waals surface area contributed by atoms with E-state index in [1.807, 2.05) is 20.8 Å². The summed E-state index contributed by atoms with van der Waals surface area (Å²) in [6, 6.07) is -0.457. The summed E-state index contributed by atoms with van der Waals surface area (Å²) in [7, 11) is 0. The first-order valence-corrected chi connectivity index (χ1v) is 6.49. The summed E-state index contributed by atoms with van der Waals surface area (Å²) in [6.07, 6.45) is 1.47. The SMILES string of the molecule is CC(C)(C)OC(=O)N1CCOCC1C(=O)C1CC1. The average molecular weight is 255 g/mol. The van der Waals surface area contributed by atoms with Gasteiger partial charge in [0.15, 0.2) is 5.78 Å². The number of nitrogens with zero attached hydrogens (tertiary/aromatic N) is 1. The third-order valence-corrected chi connectivity index (χ3v) is 3.06. The fraction of sp³-hybridized carbons (Fsp3) is 0.846. The summed E-state index contributed by atoms with van der Waals surface area (Å²) in [6.45, 7) is 6.66. The summed E-state index contributed by atoms with van der Waals surface area (Å²) < 4.78 is 10.7. The lowest BCUT2D eigenvalue weighted by molar-refractivity contribution is -0.131. The summed E-state index contributed by atoms with van der Waals surface area (Å²) in [5.41, 5.74) is -0.539. The Morgan fingerprint density at radius 3 is 2.50 bits per heavy atom. The summed E-state index contributed by atoms with van der Waals surface area (Å²) in [5, 5.41) is 0. The van der Waals surface area contributed by atoms with Crippen LogP contribution in [-0.2, 0) is 14.3 Å². The molecule has 1 saturated heterocycles. The number of ether oxygens (including phenoxy) is 2. The molecule has 0 bridgehead atoms. The van der Waals surface area contributed by atoms with E-state index in [-0.39, 0.29) is 11.7 Å². The first-order valence-electron chi connectivity index (χ1n) is 6.49. The third kappa shape index (κ3) is 3.22. The first-order chi connectivity index (χ1) is 8.38. The molecule has 0 spiro atoms. The van der Waals surface area contributed by atoms with Gasteiger partial charge >= 0.3 is 6.09 Å². The molecule has 1 unspecified atom stereocenters. The molecule has 1 aliphatic carbocycles. The average Bonchev–Trinajstić information content (AvgIpc) is 3.09. The highest BCUT2D eigenvalue weighted by Crippen LogP contribution is 2.32. The quantitative estimate of drug-likeness (QED) is 0.752. The molecule has 5 heteroatoms. The predicted molar refractivity (Wildman–Crippen MR) is 65.3 cm³/mol. The molecule has 2 fully saturated rings. The van der Waals surface area contributed by atoms with Gasteiger partial charge in [-0.05, 0) is 33.6 Å². The number of ketones is 1. The highest BCUT2D eigenvalue weighted by molar-refractivity contribution is 5.91. The Kier molecular flexibility index (Phi) is 3.61. The molecule has 0 aromatic rings. The zero-order valence-electron chi connectivity index (χ0n) is 11.3. The molecule has 1 atom stereocenters. The van der Waals surface area contributed by atoms with E-state index in [0.717, 1.165) is 12.8 Å². The van der Waals surface area contributed by atoms with Crippen molar-refractivity contribution in [2.24, 2.45) is 5.92 Å². The molecule has 0 aromatic heterocycles. The second-order valence-corrected chi connectivity index (χ2v) is 5.94. The standard InChI is InChI=1S/C13H21NO4/c1-13(2,3)18-12(16)14-6-7-17-8-10(14)11(15)9-4-5-9/h9-10H,4-8H2,1-3H3. The van der Waals surface area contributed by atoms with Gasteiger partial charge in [0.1, 0.15) is 11.6 Å². The molecule has 1 heterocycles. The second-order valence-electron chi connectivity index (χ2n) is 5.94. The van der Waals surface area contributed by atoms with Crippen LogP contribution in [0.15, 0.2) is 0 Å². The molecule has 0 radical (unpaired) electrons. The Hall–Kier alpha value is -1.10. The van der Waals surface area contributed by atoms with Crippen molar-refractivity contribution in [3.63, 3.8) is 0 Å². The largest absolute Gasteiger partial charge is 0.444 e. The minimum Gasteiger partial charge on any atom is -0.444 e. The summed E-state index contributed by atoms with van der Waals surface area (Å²) in [4.78, 5) is 25.7. The second kappa shape index (κ2) is 4.88. The van der Waals surface area contributed by atoms with E-state index in [1.165, 1.54) is 4.90 Å². The van der Waals surface area contributed by atoms with Gasteiger partial charge < -0.3 is 9.47 Å². The fourth-order valence-corrected chi connectivity index (χ4v) is 2.02. The van der Waals surface area contributed by atoms with E-state index in [1.54, 1.807) is 0 Å². The number of carbonyl (C=O) groups is 2. The lowest BCUT2D eigenvalue weighted by Crippen LogP contribution is -2.54. The highest BCUT2D eigenvalue weighted by Gasteiger charge is 2.41. The normalized spacial score (nSPS) is 24.8. The Labute approximate surface area is 107 Å². The minimum absolute atomic E-state index is 0.126. The molecular weight excluding hydrogens is 234 g/mol. The molecule has 2 rings (SSSR count). The van der Waals surface area contributed by atoms with Crippen LogP contribution in [-0.4, -0.2) is 48.2 Å². The highest BCUT2D eigenvalue weighted by atomic mass is 16.6. The van der Waals surface area contributed by atoms with E-state index in [0.29, 0.717) is 19.8 Å². The van der Waals surface area contributed by atoms with Crippen molar-refractivity contribution >= 4 is 11.9 Å². The van der Waals surface area contributed by atoms with Gasteiger partial charge in [-0.2, -0.15) is 0 Å². The smallest absolute Gasteiger partial charge is 0.411 e. The molecular formula is C13H21NO4. The van der Waals surface area contributed by atoms with Crippen molar-refractivity contribution in [3.05, 3.63) is 0 Å².